The molecule has 3 heteroatoms. The summed E-state index contributed by atoms with van der Waals surface area (Å²) in [5, 5.41) is 10.4. The van der Waals surface area contributed by atoms with Crippen LogP contribution in [0.5, 0.6) is 0 Å². The Labute approximate surface area is 115 Å². The highest BCUT2D eigenvalue weighted by Crippen LogP contribution is 2.56. The molecule has 0 amide bonds. The first kappa shape index (κ1) is 13.2. The van der Waals surface area contributed by atoms with Gasteiger partial charge in [0.05, 0.1) is 12.0 Å². The second-order valence-electron chi connectivity index (χ2n) is 6.80. The molecule has 1 unspecified atom stereocenters. The van der Waals surface area contributed by atoms with E-state index in [2.05, 4.69) is 26.8 Å². The standard InChI is InChI=1S/C16H24O3/c1-4-10-11-7-8-16(3)12(17)6-5-9(2)13(16)14(11)19-15(10)18/h5,10-14,17H,4,6-8H2,1-3H3/t10-,11-,12+,13?,14-,16-/m0/s1. The Balaban J connectivity index is 1.98. The van der Waals surface area contributed by atoms with E-state index in [0.717, 1.165) is 25.7 Å². The van der Waals surface area contributed by atoms with Crippen LogP contribution in [0.15, 0.2) is 11.6 Å². The van der Waals surface area contributed by atoms with Crippen molar-refractivity contribution in [2.24, 2.45) is 23.2 Å². The number of aliphatic hydroxyl groups excluding tert-OH is 1. The molecule has 3 aliphatic rings. The molecule has 0 spiro atoms. The number of rotatable bonds is 1. The summed E-state index contributed by atoms with van der Waals surface area (Å²) >= 11 is 0. The van der Waals surface area contributed by atoms with Crippen molar-refractivity contribution in [1.82, 2.24) is 0 Å². The van der Waals surface area contributed by atoms with Gasteiger partial charge >= 0.3 is 5.97 Å². The third kappa shape index (κ3) is 1.70. The SMILES string of the molecule is CC[C@@H]1C(=O)O[C@@H]2C3C(C)=CC[C@@H](O)[C@]3(C)CC[C@@H]12. The minimum Gasteiger partial charge on any atom is -0.461 e. The van der Waals surface area contributed by atoms with Crippen molar-refractivity contribution in [2.75, 3.05) is 0 Å². The van der Waals surface area contributed by atoms with Crippen molar-refractivity contribution in [3.05, 3.63) is 11.6 Å². The van der Waals surface area contributed by atoms with Gasteiger partial charge in [-0.15, -0.1) is 0 Å². The van der Waals surface area contributed by atoms with Gasteiger partial charge in [0.25, 0.3) is 0 Å². The Morgan fingerprint density at radius 1 is 1.53 bits per heavy atom. The zero-order valence-corrected chi connectivity index (χ0v) is 12.1. The van der Waals surface area contributed by atoms with Crippen LogP contribution in [0.2, 0.25) is 0 Å². The molecule has 0 radical (unpaired) electrons. The highest BCUT2D eigenvalue weighted by molar-refractivity contribution is 5.75. The van der Waals surface area contributed by atoms with E-state index in [1.165, 1.54) is 5.57 Å². The molecule has 6 atom stereocenters. The minimum atomic E-state index is -0.304. The zero-order chi connectivity index (χ0) is 13.8. The molecule has 3 rings (SSSR count). The molecule has 106 valence electrons. The van der Waals surface area contributed by atoms with Crippen LogP contribution >= 0.6 is 0 Å². The monoisotopic (exact) mass is 264 g/mol. The Bertz CT molecular complexity index is 428. The van der Waals surface area contributed by atoms with E-state index in [-0.39, 0.29) is 35.4 Å². The molecule has 2 aliphatic carbocycles. The van der Waals surface area contributed by atoms with Gasteiger partial charge in [-0.1, -0.05) is 25.5 Å². The molecule has 0 aromatic rings. The number of fused-ring (bicyclic) bond motifs is 3. The van der Waals surface area contributed by atoms with E-state index in [4.69, 9.17) is 4.74 Å². The average molecular weight is 264 g/mol. The predicted octanol–water partition coefficient (Wildman–Crippen LogP) is 2.68. The van der Waals surface area contributed by atoms with E-state index < -0.39 is 0 Å². The van der Waals surface area contributed by atoms with Gasteiger partial charge < -0.3 is 9.84 Å². The Hall–Kier alpha value is -0.830. The maximum Gasteiger partial charge on any atom is 0.309 e. The maximum absolute atomic E-state index is 12.0. The van der Waals surface area contributed by atoms with Gasteiger partial charge in [-0.3, -0.25) is 4.79 Å². The highest BCUT2D eigenvalue weighted by Gasteiger charge is 2.58. The third-order valence-electron chi connectivity index (χ3n) is 5.90. The second-order valence-corrected chi connectivity index (χ2v) is 6.80. The number of esters is 1. The smallest absolute Gasteiger partial charge is 0.309 e. The van der Waals surface area contributed by atoms with Gasteiger partial charge in [0.15, 0.2) is 0 Å². The first-order valence-electron chi connectivity index (χ1n) is 7.54. The third-order valence-corrected chi connectivity index (χ3v) is 5.90. The lowest BCUT2D eigenvalue weighted by Crippen LogP contribution is -2.52. The fraction of sp³-hybridized carbons (Fsp3) is 0.812. The molecule has 1 heterocycles. The fourth-order valence-corrected chi connectivity index (χ4v) is 4.72. The number of hydrogen-bond acceptors (Lipinski definition) is 3. The van der Waals surface area contributed by atoms with Crippen molar-refractivity contribution < 1.29 is 14.6 Å². The van der Waals surface area contributed by atoms with E-state index in [1.54, 1.807) is 0 Å². The van der Waals surface area contributed by atoms with Crippen LogP contribution in [0, 0.1) is 23.2 Å². The largest absolute Gasteiger partial charge is 0.461 e. The molecule has 1 saturated heterocycles. The van der Waals surface area contributed by atoms with Gasteiger partial charge in [-0.25, -0.2) is 0 Å². The lowest BCUT2D eigenvalue weighted by atomic mass is 9.55. The summed E-state index contributed by atoms with van der Waals surface area (Å²) in [6.07, 6.45) is 5.43. The average Bonchev–Trinajstić information content (AvgIpc) is 2.69. The van der Waals surface area contributed by atoms with Crippen molar-refractivity contribution in [3.63, 3.8) is 0 Å². The number of hydrogen-bond donors (Lipinski definition) is 1. The summed E-state index contributed by atoms with van der Waals surface area (Å²) in [4.78, 5) is 12.0. The van der Waals surface area contributed by atoms with E-state index >= 15 is 0 Å². The molecule has 0 aromatic heterocycles. The quantitative estimate of drug-likeness (QED) is 0.585. The Kier molecular flexibility index (Phi) is 3.01. The summed E-state index contributed by atoms with van der Waals surface area (Å²) in [6, 6.07) is 0. The number of aliphatic hydroxyl groups is 1. The molecular formula is C16H24O3. The lowest BCUT2D eigenvalue weighted by molar-refractivity contribution is -0.151. The first-order valence-corrected chi connectivity index (χ1v) is 7.54. The van der Waals surface area contributed by atoms with Crippen LogP contribution in [-0.2, 0) is 9.53 Å². The van der Waals surface area contributed by atoms with E-state index in [0.29, 0.717) is 5.92 Å². The van der Waals surface area contributed by atoms with Gasteiger partial charge in [-0.05, 0) is 32.6 Å². The normalized spacial score (nSPS) is 49.2. The number of carbonyl (C=O) groups excluding carboxylic acids is 1. The molecular weight excluding hydrogens is 240 g/mol. The summed E-state index contributed by atoms with van der Waals surface area (Å²) in [7, 11) is 0. The molecule has 1 N–H and O–H groups in total. The molecule has 0 bridgehead atoms. The van der Waals surface area contributed by atoms with E-state index in [9.17, 15) is 9.90 Å². The number of ether oxygens (including phenoxy) is 1. The first-order chi connectivity index (χ1) is 8.99. The van der Waals surface area contributed by atoms with Crippen molar-refractivity contribution in [2.45, 2.75) is 58.7 Å². The molecule has 19 heavy (non-hydrogen) atoms. The second kappa shape index (κ2) is 4.34. The maximum atomic E-state index is 12.0. The molecule has 3 nitrogen and oxygen atoms in total. The van der Waals surface area contributed by atoms with Crippen LogP contribution < -0.4 is 0 Å². The van der Waals surface area contributed by atoms with Crippen LogP contribution in [-0.4, -0.2) is 23.3 Å². The molecule has 1 saturated carbocycles. The van der Waals surface area contributed by atoms with Crippen molar-refractivity contribution in [1.29, 1.82) is 0 Å². The van der Waals surface area contributed by atoms with Crippen LogP contribution in [0.25, 0.3) is 0 Å². The topological polar surface area (TPSA) is 46.5 Å². The highest BCUT2D eigenvalue weighted by atomic mass is 16.6. The molecule has 1 aliphatic heterocycles. The van der Waals surface area contributed by atoms with Gasteiger partial charge in [0, 0.05) is 17.3 Å². The Morgan fingerprint density at radius 2 is 2.26 bits per heavy atom. The van der Waals surface area contributed by atoms with Crippen molar-refractivity contribution in [3.8, 4) is 0 Å². The van der Waals surface area contributed by atoms with Gasteiger partial charge in [0.1, 0.15) is 6.10 Å². The van der Waals surface area contributed by atoms with Gasteiger partial charge in [0.2, 0.25) is 0 Å². The summed E-state index contributed by atoms with van der Waals surface area (Å²) in [5.74, 6) is 0.607. The Morgan fingerprint density at radius 3 is 2.95 bits per heavy atom. The van der Waals surface area contributed by atoms with Crippen molar-refractivity contribution >= 4 is 5.97 Å². The fourth-order valence-electron chi connectivity index (χ4n) is 4.72. The molecule has 0 aromatic carbocycles. The van der Waals surface area contributed by atoms with Gasteiger partial charge in [-0.2, -0.15) is 0 Å². The summed E-state index contributed by atoms with van der Waals surface area (Å²) < 4.78 is 5.73. The van der Waals surface area contributed by atoms with E-state index in [1.807, 2.05) is 0 Å². The molecule has 2 fully saturated rings. The lowest BCUT2D eigenvalue weighted by Gasteiger charge is -2.51. The minimum absolute atomic E-state index is 0.0117. The zero-order valence-electron chi connectivity index (χ0n) is 12.1. The predicted molar refractivity (Wildman–Crippen MR) is 72.4 cm³/mol. The summed E-state index contributed by atoms with van der Waals surface area (Å²) in [6.45, 7) is 6.37. The summed E-state index contributed by atoms with van der Waals surface area (Å²) in [5.41, 5.74) is 1.18. The van der Waals surface area contributed by atoms with Crippen LogP contribution in [0.1, 0.15) is 46.5 Å². The van der Waals surface area contributed by atoms with Crippen LogP contribution in [0.3, 0.4) is 0 Å². The van der Waals surface area contributed by atoms with Crippen LogP contribution in [0.4, 0.5) is 0 Å². The number of carbonyl (C=O) groups is 1.